The molecule has 0 saturated carbocycles. The fourth-order valence-corrected chi connectivity index (χ4v) is 2.23. The summed E-state index contributed by atoms with van der Waals surface area (Å²) in [6.07, 6.45) is -0.463. The van der Waals surface area contributed by atoms with Crippen molar-refractivity contribution in [1.82, 2.24) is 4.57 Å². The zero-order valence-electron chi connectivity index (χ0n) is 12.6. The van der Waals surface area contributed by atoms with E-state index in [1.54, 1.807) is 0 Å². The predicted octanol–water partition coefficient (Wildman–Crippen LogP) is 3.93. The van der Waals surface area contributed by atoms with Crippen LogP contribution in [0.25, 0.3) is 10.9 Å². The number of aromatic nitrogens is 1. The van der Waals surface area contributed by atoms with Crippen LogP contribution in [0.5, 0.6) is 0 Å². The minimum absolute atomic E-state index is 0.390. The molecular weight excluding hydrogens is 282 g/mol. The van der Waals surface area contributed by atoms with Crippen molar-refractivity contribution in [1.29, 1.82) is 0 Å². The monoisotopic (exact) mass is 298 g/mol. The Morgan fingerprint density at radius 1 is 1.27 bits per heavy atom. The molecule has 0 bridgehead atoms. The maximum Gasteiger partial charge on any atom is 0.419 e. The van der Waals surface area contributed by atoms with Crippen LogP contribution >= 0.6 is 0 Å². The molecule has 0 N–H and O–H groups in total. The van der Waals surface area contributed by atoms with Gasteiger partial charge in [0.2, 0.25) is 0 Å². The first kappa shape index (κ1) is 14.4. The van der Waals surface area contributed by atoms with Crippen molar-refractivity contribution in [2.24, 2.45) is 20.7 Å². The number of para-hydroxylation sites is 1. The number of benzene rings is 1. The van der Waals surface area contributed by atoms with Gasteiger partial charge in [-0.25, -0.2) is 9.36 Å². The van der Waals surface area contributed by atoms with Crippen molar-refractivity contribution in [3.63, 3.8) is 0 Å². The number of hydrogen-bond acceptors (Lipinski definition) is 6. The lowest BCUT2D eigenvalue weighted by Gasteiger charge is -2.21. The van der Waals surface area contributed by atoms with Crippen molar-refractivity contribution < 1.29 is 9.53 Å². The lowest BCUT2D eigenvalue weighted by atomic mass is 10.2. The summed E-state index contributed by atoms with van der Waals surface area (Å²) in [5.41, 5.74) is 0.825. The molecular formula is C15H16N5O2. The highest BCUT2D eigenvalue weighted by atomic mass is 16.6. The lowest BCUT2D eigenvalue weighted by Crippen LogP contribution is -2.28. The smallest absolute Gasteiger partial charge is 0.419 e. The Bertz CT molecular complexity index is 758. The maximum absolute atomic E-state index is 12.5. The van der Waals surface area contributed by atoms with Crippen LogP contribution in [-0.2, 0) is 11.2 Å². The molecule has 0 aliphatic carbocycles. The molecule has 0 unspecified atom stereocenters. The minimum Gasteiger partial charge on any atom is -0.443 e. The zero-order valence-corrected chi connectivity index (χ0v) is 12.6. The Hall–Kier alpha value is -2.57. The number of rotatable bonds is 2. The lowest BCUT2D eigenvalue weighted by molar-refractivity contribution is 0.0540. The first-order chi connectivity index (χ1) is 10.4. The van der Waals surface area contributed by atoms with Crippen LogP contribution in [0.2, 0.25) is 0 Å². The summed E-state index contributed by atoms with van der Waals surface area (Å²) in [7, 11) is 0. The summed E-state index contributed by atoms with van der Waals surface area (Å²) < 4.78 is 7.01. The molecule has 0 atom stereocenters. The molecule has 1 aliphatic heterocycles. The van der Waals surface area contributed by atoms with E-state index in [4.69, 9.17) is 4.74 Å². The quantitative estimate of drug-likeness (QED) is 0.841. The van der Waals surface area contributed by atoms with Gasteiger partial charge in [-0.1, -0.05) is 18.2 Å². The number of carbonyl (C=O) groups excluding carboxylic acids is 1. The Morgan fingerprint density at radius 3 is 2.64 bits per heavy atom. The molecule has 0 saturated heterocycles. The fraction of sp³-hybridized carbons (Fsp3) is 0.400. The molecule has 7 heteroatoms. The third-order valence-corrected chi connectivity index (χ3v) is 3.06. The molecule has 3 rings (SSSR count). The topological polar surface area (TPSA) is 80.7 Å². The number of nitrogens with zero attached hydrogens (tertiary/aromatic N) is 5. The average molecular weight is 298 g/mol. The second-order valence-corrected chi connectivity index (χ2v) is 6.00. The number of ether oxygens (including phenoxy) is 1. The molecule has 1 aliphatic rings. The van der Waals surface area contributed by atoms with Crippen molar-refractivity contribution >= 4 is 17.0 Å². The average Bonchev–Trinajstić information content (AvgIpc) is 3.03. The normalized spacial score (nSPS) is 14.9. The van der Waals surface area contributed by atoms with Gasteiger partial charge in [0.15, 0.2) is 6.17 Å². The van der Waals surface area contributed by atoms with Gasteiger partial charge in [0.05, 0.1) is 5.52 Å². The first-order valence-corrected chi connectivity index (χ1v) is 6.99. The van der Waals surface area contributed by atoms with E-state index >= 15 is 0 Å². The molecule has 1 aromatic heterocycles. The number of hydrogen-bond donors (Lipinski definition) is 0. The Kier molecular flexibility index (Phi) is 3.48. The highest BCUT2D eigenvalue weighted by Crippen LogP contribution is 2.23. The molecule has 2 heterocycles. The van der Waals surface area contributed by atoms with Gasteiger partial charge in [-0.05, 0) is 37.3 Å². The Labute approximate surface area is 127 Å². The van der Waals surface area contributed by atoms with E-state index < -0.39 is 17.9 Å². The molecule has 7 nitrogen and oxygen atoms in total. The van der Waals surface area contributed by atoms with E-state index in [1.807, 2.05) is 45.0 Å². The van der Waals surface area contributed by atoms with Crippen molar-refractivity contribution in [3.8, 4) is 0 Å². The van der Waals surface area contributed by atoms with Crippen LogP contribution in [0.3, 0.4) is 0 Å². The van der Waals surface area contributed by atoms with Crippen LogP contribution in [0.4, 0.5) is 4.79 Å². The summed E-state index contributed by atoms with van der Waals surface area (Å²) in [6, 6.07) is 10.7. The molecule has 1 radical (unpaired) electrons. The second-order valence-electron chi connectivity index (χ2n) is 6.00. The summed E-state index contributed by atoms with van der Waals surface area (Å²) >= 11 is 0. The summed E-state index contributed by atoms with van der Waals surface area (Å²) in [4.78, 5) is 12.5. The number of fused-ring (bicyclic) bond motifs is 1. The van der Waals surface area contributed by atoms with Gasteiger partial charge in [0.1, 0.15) is 5.60 Å². The van der Waals surface area contributed by atoms with Gasteiger partial charge in [0, 0.05) is 23.6 Å². The fourth-order valence-electron chi connectivity index (χ4n) is 2.23. The molecule has 0 spiro atoms. The van der Waals surface area contributed by atoms with Gasteiger partial charge < -0.3 is 4.74 Å². The van der Waals surface area contributed by atoms with E-state index in [0.717, 1.165) is 10.9 Å². The Balaban J connectivity index is 2.02. The van der Waals surface area contributed by atoms with E-state index in [0.29, 0.717) is 12.1 Å². The van der Waals surface area contributed by atoms with Gasteiger partial charge in [-0.3, -0.25) is 0 Å². The molecule has 0 amide bonds. The molecule has 1 aromatic carbocycles. The van der Waals surface area contributed by atoms with Crippen molar-refractivity contribution in [3.05, 3.63) is 36.0 Å². The Morgan fingerprint density at radius 2 is 1.95 bits per heavy atom. The molecule has 2 aromatic rings. The number of carbonyl (C=O) groups is 1. The van der Waals surface area contributed by atoms with Gasteiger partial charge in [-0.15, -0.1) is 10.2 Å². The summed E-state index contributed by atoms with van der Waals surface area (Å²) in [5, 5.41) is 15.6. The van der Waals surface area contributed by atoms with Crippen LogP contribution < -0.4 is 0 Å². The molecule has 0 fully saturated rings. The van der Waals surface area contributed by atoms with E-state index in [9.17, 15) is 4.79 Å². The van der Waals surface area contributed by atoms with E-state index in [-0.39, 0.29) is 0 Å². The standard InChI is InChI=1S/C15H16N5O2/c1-15(2,3)22-14(21)20-11(9-13-16-18-19-17-13)8-10-6-4-5-7-12(10)20/h4-7,13H,9H2,1-3H3. The highest BCUT2D eigenvalue weighted by Gasteiger charge is 2.24. The molecule has 22 heavy (non-hydrogen) atoms. The van der Waals surface area contributed by atoms with Crippen LogP contribution in [0.15, 0.2) is 44.9 Å². The van der Waals surface area contributed by atoms with Gasteiger partial charge >= 0.3 is 6.09 Å². The largest absolute Gasteiger partial charge is 0.443 e. The zero-order chi connectivity index (χ0) is 15.7. The van der Waals surface area contributed by atoms with Gasteiger partial charge in [-0.2, -0.15) is 0 Å². The minimum atomic E-state index is -0.577. The van der Waals surface area contributed by atoms with Crippen LogP contribution in [0.1, 0.15) is 26.5 Å². The van der Waals surface area contributed by atoms with Crippen molar-refractivity contribution in [2.75, 3.05) is 0 Å². The summed E-state index contributed by atoms with van der Waals surface area (Å²) in [6.45, 7) is 5.50. The third-order valence-electron chi connectivity index (χ3n) is 3.06. The maximum atomic E-state index is 12.5. The van der Waals surface area contributed by atoms with Gasteiger partial charge in [0.25, 0.3) is 0 Å². The van der Waals surface area contributed by atoms with Crippen molar-refractivity contribution in [2.45, 2.75) is 39.0 Å². The van der Waals surface area contributed by atoms with Crippen LogP contribution in [0, 0.1) is 6.07 Å². The summed E-state index contributed by atoms with van der Waals surface area (Å²) in [5.74, 6) is 0. The molecule has 113 valence electrons. The second kappa shape index (κ2) is 5.32. The first-order valence-electron chi connectivity index (χ1n) is 6.99. The SMILES string of the molecule is CC(C)(C)OC(=O)n1c(CC2N=NN=N2)[c]c2ccccc21. The van der Waals surface area contributed by atoms with E-state index in [2.05, 4.69) is 26.7 Å². The highest BCUT2D eigenvalue weighted by molar-refractivity contribution is 5.90. The van der Waals surface area contributed by atoms with E-state index in [1.165, 1.54) is 4.57 Å². The predicted molar refractivity (Wildman–Crippen MR) is 79.6 cm³/mol. The third kappa shape index (κ3) is 2.88. The van der Waals surface area contributed by atoms with Crippen LogP contribution in [-0.4, -0.2) is 22.4 Å².